The van der Waals surface area contributed by atoms with Crippen LogP contribution in [0.5, 0.6) is 0 Å². The predicted octanol–water partition coefficient (Wildman–Crippen LogP) is 1.64. The van der Waals surface area contributed by atoms with Crippen molar-refractivity contribution in [3.05, 3.63) is 35.4 Å². The number of likely N-dealkylation sites (N-methyl/N-ethyl adjacent to an activating group) is 1. The van der Waals surface area contributed by atoms with Gasteiger partial charge >= 0.3 is 0 Å². The Morgan fingerprint density at radius 1 is 1.10 bits per heavy atom. The van der Waals surface area contributed by atoms with E-state index in [-0.39, 0.29) is 5.91 Å². The Morgan fingerprint density at radius 2 is 1.71 bits per heavy atom. The van der Waals surface area contributed by atoms with Crippen molar-refractivity contribution >= 4 is 5.91 Å². The number of carbonyl (C=O) groups is 1. The molecule has 1 aromatic carbocycles. The van der Waals surface area contributed by atoms with Crippen LogP contribution in [0.4, 0.5) is 0 Å². The molecule has 2 rings (SSSR count). The van der Waals surface area contributed by atoms with Crippen molar-refractivity contribution < 1.29 is 4.79 Å². The van der Waals surface area contributed by atoms with Crippen molar-refractivity contribution in [3.8, 4) is 0 Å². The monoisotopic (exact) mass is 289 g/mol. The van der Waals surface area contributed by atoms with Crippen LogP contribution in [-0.2, 0) is 11.3 Å². The van der Waals surface area contributed by atoms with E-state index in [1.54, 1.807) is 0 Å². The van der Waals surface area contributed by atoms with Crippen molar-refractivity contribution in [2.45, 2.75) is 26.8 Å². The highest BCUT2D eigenvalue weighted by molar-refractivity contribution is 5.76. The second-order valence-corrected chi connectivity index (χ2v) is 5.79. The average Bonchev–Trinajstić information content (AvgIpc) is 2.53. The summed E-state index contributed by atoms with van der Waals surface area (Å²) in [5, 5.41) is 3.00. The molecule has 116 valence electrons. The Morgan fingerprint density at radius 3 is 2.33 bits per heavy atom. The number of carbonyl (C=O) groups excluding carboxylic acids is 1. The molecule has 4 heteroatoms. The molecular weight excluding hydrogens is 262 g/mol. The molecule has 0 saturated carbocycles. The van der Waals surface area contributed by atoms with E-state index in [9.17, 15) is 4.79 Å². The standard InChI is InChI=1S/C17H27N3O/c1-3-19-10-12-20(13-11-19)9-8-17(21)18-14-16-6-4-15(2)5-7-16/h4-7H,3,8-14H2,1-2H3,(H,18,21). The van der Waals surface area contributed by atoms with Crippen LogP contribution in [0.2, 0.25) is 0 Å². The lowest BCUT2D eigenvalue weighted by Crippen LogP contribution is -2.46. The van der Waals surface area contributed by atoms with E-state index in [0.29, 0.717) is 13.0 Å². The molecule has 0 unspecified atom stereocenters. The van der Waals surface area contributed by atoms with Gasteiger partial charge in [-0.15, -0.1) is 0 Å². The maximum Gasteiger partial charge on any atom is 0.221 e. The predicted molar refractivity (Wildman–Crippen MR) is 86.2 cm³/mol. The first-order chi connectivity index (χ1) is 10.2. The highest BCUT2D eigenvalue weighted by Crippen LogP contribution is 2.04. The smallest absolute Gasteiger partial charge is 0.221 e. The molecule has 1 saturated heterocycles. The normalized spacial score (nSPS) is 16.9. The maximum atomic E-state index is 11.9. The number of amides is 1. The number of hydrogen-bond acceptors (Lipinski definition) is 3. The largest absolute Gasteiger partial charge is 0.352 e. The third-order valence-electron chi connectivity index (χ3n) is 4.18. The minimum absolute atomic E-state index is 0.147. The van der Waals surface area contributed by atoms with Crippen LogP contribution in [-0.4, -0.2) is 55.0 Å². The minimum Gasteiger partial charge on any atom is -0.352 e. The summed E-state index contributed by atoms with van der Waals surface area (Å²) < 4.78 is 0. The zero-order chi connectivity index (χ0) is 15.1. The Hall–Kier alpha value is -1.39. The van der Waals surface area contributed by atoms with Crippen LogP contribution in [0.15, 0.2) is 24.3 Å². The number of nitrogens with zero attached hydrogens (tertiary/aromatic N) is 2. The molecule has 1 fully saturated rings. The third kappa shape index (κ3) is 5.48. The number of aryl methyl sites for hydroxylation is 1. The van der Waals surface area contributed by atoms with Crippen LogP contribution < -0.4 is 5.32 Å². The summed E-state index contributed by atoms with van der Waals surface area (Å²) in [5.74, 6) is 0.147. The second-order valence-electron chi connectivity index (χ2n) is 5.79. The van der Waals surface area contributed by atoms with Crippen molar-refractivity contribution in [3.63, 3.8) is 0 Å². The van der Waals surface area contributed by atoms with E-state index in [0.717, 1.165) is 44.8 Å². The summed E-state index contributed by atoms with van der Waals surface area (Å²) in [6.45, 7) is 11.3. The van der Waals surface area contributed by atoms with Gasteiger partial charge in [0.2, 0.25) is 5.91 Å². The molecule has 1 aromatic rings. The number of rotatable bonds is 6. The Kier molecular flexibility index (Phi) is 6.21. The van der Waals surface area contributed by atoms with Gasteiger partial charge in [-0.3, -0.25) is 4.79 Å². The number of nitrogens with one attached hydrogen (secondary N) is 1. The molecule has 1 aliphatic heterocycles. The first-order valence-corrected chi connectivity index (χ1v) is 7.94. The fourth-order valence-electron chi connectivity index (χ4n) is 2.58. The van der Waals surface area contributed by atoms with Gasteiger partial charge in [-0.2, -0.15) is 0 Å². The lowest BCUT2D eigenvalue weighted by molar-refractivity contribution is -0.121. The fraction of sp³-hybridized carbons (Fsp3) is 0.588. The summed E-state index contributed by atoms with van der Waals surface area (Å²) in [6, 6.07) is 8.29. The molecule has 1 N–H and O–H groups in total. The summed E-state index contributed by atoms with van der Waals surface area (Å²) in [7, 11) is 0. The van der Waals surface area contributed by atoms with Gasteiger partial charge in [0, 0.05) is 45.7 Å². The molecule has 21 heavy (non-hydrogen) atoms. The molecular formula is C17H27N3O. The molecule has 1 heterocycles. The van der Waals surface area contributed by atoms with E-state index in [1.165, 1.54) is 5.56 Å². The first-order valence-electron chi connectivity index (χ1n) is 7.94. The van der Waals surface area contributed by atoms with E-state index in [2.05, 4.69) is 53.2 Å². The summed E-state index contributed by atoms with van der Waals surface area (Å²) in [6.07, 6.45) is 0.595. The van der Waals surface area contributed by atoms with E-state index < -0.39 is 0 Å². The summed E-state index contributed by atoms with van der Waals surface area (Å²) in [4.78, 5) is 16.7. The molecule has 0 aromatic heterocycles. The van der Waals surface area contributed by atoms with E-state index >= 15 is 0 Å². The molecule has 1 amide bonds. The van der Waals surface area contributed by atoms with Crippen molar-refractivity contribution in [1.82, 2.24) is 15.1 Å². The zero-order valence-electron chi connectivity index (χ0n) is 13.3. The van der Waals surface area contributed by atoms with Gasteiger partial charge in [-0.05, 0) is 19.0 Å². The first kappa shape index (κ1) is 16.0. The van der Waals surface area contributed by atoms with Gasteiger partial charge in [0.15, 0.2) is 0 Å². The molecule has 0 spiro atoms. The van der Waals surface area contributed by atoms with Gasteiger partial charge in [0.1, 0.15) is 0 Å². The zero-order valence-corrected chi connectivity index (χ0v) is 13.3. The lowest BCUT2D eigenvalue weighted by atomic mass is 10.1. The highest BCUT2D eigenvalue weighted by atomic mass is 16.1. The van der Waals surface area contributed by atoms with Gasteiger partial charge in [-0.25, -0.2) is 0 Å². The molecule has 1 aliphatic rings. The van der Waals surface area contributed by atoms with Gasteiger partial charge in [0.05, 0.1) is 0 Å². The quantitative estimate of drug-likeness (QED) is 0.865. The molecule has 0 aliphatic carbocycles. The molecule has 0 bridgehead atoms. The van der Waals surface area contributed by atoms with E-state index in [1.807, 2.05) is 0 Å². The number of piperazine rings is 1. The van der Waals surface area contributed by atoms with Crippen molar-refractivity contribution in [2.24, 2.45) is 0 Å². The Bertz CT molecular complexity index is 436. The van der Waals surface area contributed by atoms with Crippen LogP contribution in [0.25, 0.3) is 0 Å². The van der Waals surface area contributed by atoms with Crippen molar-refractivity contribution in [1.29, 1.82) is 0 Å². The van der Waals surface area contributed by atoms with E-state index in [4.69, 9.17) is 0 Å². The van der Waals surface area contributed by atoms with Crippen LogP contribution >= 0.6 is 0 Å². The second kappa shape index (κ2) is 8.15. The molecule has 4 nitrogen and oxygen atoms in total. The van der Waals surface area contributed by atoms with Crippen LogP contribution in [0, 0.1) is 6.92 Å². The fourth-order valence-corrected chi connectivity index (χ4v) is 2.58. The van der Waals surface area contributed by atoms with Crippen LogP contribution in [0.3, 0.4) is 0 Å². The summed E-state index contributed by atoms with van der Waals surface area (Å²) in [5.41, 5.74) is 2.40. The minimum atomic E-state index is 0.147. The Balaban J connectivity index is 1.62. The maximum absolute atomic E-state index is 11.9. The number of hydrogen-bond donors (Lipinski definition) is 1. The molecule has 0 radical (unpaired) electrons. The summed E-state index contributed by atoms with van der Waals surface area (Å²) >= 11 is 0. The van der Waals surface area contributed by atoms with Gasteiger partial charge in [-0.1, -0.05) is 36.8 Å². The average molecular weight is 289 g/mol. The number of benzene rings is 1. The lowest BCUT2D eigenvalue weighted by Gasteiger charge is -2.33. The highest BCUT2D eigenvalue weighted by Gasteiger charge is 2.15. The third-order valence-corrected chi connectivity index (χ3v) is 4.18. The van der Waals surface area contributed by atoms with Crippen LogP contribution in [0.1, 0.15) is 24.5 Å². The van der Waals surface area contributed by atoms with Gasteiger partial charge in [0.25, 0.3) is 0 Å². The Labute approximate surface area is 128 Å². The SMILES string of the molecule is CCN1CCN(CCC(=O)NCc2ccc(C)cc2)CC1. The van der Waals surface area contributed by atoms with Gasteiger partial charge < -0.3 is 15.1 Å². The van der Waals surface area contributed by atoms with Crippen molar-refractivity contribution in [2.75, 3.05) is 39.3 Å². The topological polar surface area (TPSA) is 35.6 Å². The molecule has 0 atom stereocenters.